The van der Waals surface area contributed by atoms with Crippen molar-refractivity contribution in [3.05, 3.63) is 65.2 Å². The van der Waals surface area contributed by atoms with E-state index in [2.05, 4.69) is 58.8 Å². The first kappa shape index (κ1) is 19.2. The molecule has 0 aromatic heterocycles. The molecule has 1 N–H and O–H groups in total. The van der Waals surface area contributed by atoms with Gasteiger partial charge in [0.25, 0.3) is 0 Å². The quantitative estimate of drug-likeness (QED) is 0.485. The molecule has 130 valence electrons. The highest BCUT2D eigenvalue weighted by Gasteiger charge is 2.23. The van der Waals surface area contributed by atoms with Crippen LogP contribution in [-0.4, -0.2) is 29.9 Å². The highest BCUT2D eigenvalue weighted by atomic mass is 35.5. The number of aliphatic imine (C=N–C) groups is 1. The third-order valence-electron chi connectivity index (χ3n) is 4.27. The summed E-state index contributed by atoms with van der Waals surface area (Å²) in [6, 6.07) is 17.2. The van der Waals surface area contributed by atoms with E-state index in [1.807, 2.05) is 24.4 Å². The summed E-state index contributed by atoms with van der Waals surface area (Å²) in [5, 5.41) is 13.3. The zero-order valence-corrected chi connectivity index (χ0v) is 15.9. The molecule has 0 bridgehead atoms. The van der Waals surface area contributed by atoms with Crippen LogP contribution in [0.25, 0.3) is 0 Å². The van der Waals surface area contributed by atoms with Gasteiger partial charge in [0.1, 0.15) is 0 Å². The Morgan fingerprint density at radius 1 is 1.24 bits per heavy atom. The maximum atomic E-state index is 8.86. The van der Waals surface area contributed by atoms with Crippen molar-refractivity contribution < 1.29 is 0 Å². The summed E-state index contributed by atoms with van der Waals surface area (Å²) in [6.07, 6.45) is 4.76. The minimum atomic E-state index is 0. The molecule has 1 aliphatic rings. The Morgan fingerprint density at radius 2 is 1.92 bits per heavy atom. The lowest BCUT2D eigenvalue weighted by atomic mass is 9.97. The van der Waals surface area contributed by atoms with Crippen LogP contribution in [0, 0.1) is 11.5 Å². The number of thioether (sulfide) groups is 1. The summed E-state index contributed by atoms with van der Waals surface area (Å²) in [4.78, 5) is 5.95. The van der Waals surface area contributed by atoms with Gasteiger partial charge in [-0.15, -0.1) is 17.4 Å². The van der Waals surface area contributed by atoms with Crippen molar-refractivity contribution in [3.8, 4) is 6.19 Å². The molecule has 2 aromatic carbocycles. The van der Waals surface area contributed by atoms with Crippen LogP contribution in [0.3, 0.4) is 0 Å². The number of amidine groups is 1. The molecule has 0 aliphatic carbocycles. The molecule has 0 saturated heterocycles. The SMILES string of the molecule is CSC(=NC#N)N(C)CC1Nc2ccccc2Cc2ccccc21.Cl. The third kappa shape index (κ3) is 4.28. The predicted octanol–water partition coefficient (Wildman–Crippen LogP) is 4.30. The Bertz CT molecular complexity index is 800. The van der Waals surface area contributed by atoms with Crippen LogP contribution in [0.5, 0.6) is 0 Å². The number of nitrogens with one attached hydrogen (secondary N) is 1. The van der Waals surface area contributed by atoms with Gasteiger partial charge in [-0.05, 0) is 35.4 Å². The normalized spacial score (nSPS) is 15.6. The second-order valence-corrected chi connectivity index (χ2v) is 6.58. The molecule has 6 heteroatoms. The van der Waals surface area contributed by atoms with E-state index in [1.165, 1.54) is 34.1 Å². The van der Waals surface area contributed by atoms with E-state index in [-0.39, 0.29) is 18.4 Å². The second-order valence-electron chi connectivity index (χ2n) is 5.81. The van der Waals surface area contributed by atoms with Crippen LogP contribution < -0.4 is 5.32 Å². The number of halogens is 1. The summed E-state index contributed by atoms with van der Waals surface area (Å²) >= 11 is 1.49. The average molecular weight is 373 g/mol. The minimum absolute atomic E-state index is 0. The molecule has 0 fully saturated rings. The number of rotatable bonds is 2. The molecular formula is C19H21ClN4S. The van der Waals surface area contributed by atoms with Crippen molar-refractivity contribution in [1.29, 1.82) is 5.26 Å². The van der Waals surface area contributed by atoms with E-state index >= 15 is 0 Å². The van der Waals surface area contributed by atoms with Crippen LogP contribution in [0.2, 0.25) is 0 Å². The van der Waals surface area contributed by atoms with Crippen LogP contribution in [-0.2, 0) is 6.42 Å². The zero-order chi connectivity index (χ0) is 16.9. The van der Waals surface area contributed by atoms with E-state index < -0.39 is 0 Å². The Kier molecular flexibility index (Phi) is 6.74. The van der Waals surface area contributed by atoms with Crippen molar-refractivity contribution in [3.63, 3.8) is 0 Å². The number of hydrogen-bond donors (Lipinski definition) is 1. The fourth-order valence-corrected chi connectivity index (χ4v) is 3.66. The topological polar surface area (TPSA) is 51.4 Å². The summed E-state index contributed by atoms with van der Waals surface area (Å²) < 4.78 is 0. The van der Waals surface area contributed by atoms with E-state index in [0.717, 1.165) is 18.1 Å². The molecule has 3 rings (SSSR count). The first-order chi connectivity index (χ1) is 11.7. The van der Waals surface area contributed by atoms with Gasteiger partial charge in [-0.25, -0.2) is 0 Å². The number of likely N-dealkylation sites (N-methyl/N-ethyl adjacent to an activating group) is 1. The number of benzene rings is 2. The van der Waals surface area contributed by atoms with Crippen molar-refractivity contribution >= 4 is 35.0 Å². The number of para-hydroxylation sites is 1. The van der Waals surface area contributed by atoms with E-state index in [1.54, 1.807) is 0 Å². The van der Waals surface area contributed by atoms with Gasteiger partial charge in [0.15, 0.2) is 5.17 Å². The molecule has 4 nitrogen and oxygen atoms in total. The highest BCUT2D eigenvalue weighted by Crippen LogP contribution is 2.32. The van der Waals surface area contributed by atoms with Crippen molar-refractivity contribution in [1.82, 2.24) is 4.90 Å². The van der Waals surface area contributed by atoms with Crippen LogP contribution in [0.4, 0.5) is 5.69 Å². The number of fused-ring (bicyclic) bond motifs is 2. The molecule has 1 atom stereocenters. The molecule has 1 heterocycles. The lowest BCUT2D eigenvalue weighted by Gasteiger charge is -2.27. The maximum Gasteiger partial charge on any atom is 0.208 e. The molecule has 25 heavy (non-hydrogen) atoms. The van der Waals surface area contributed by atoms with Gasteiger partial charge in [0, 0.05) is 19.3 Å². The van der Waals surface area contributed by atoms with E-state index in [9.17, 15) is 0 Å². The Labute approximate surface area is 159 Å². The maximum absolute atomic E-state index is 8.86. The molecule has 1 aliphatic heterocycles. The fraction of sp³-hybridized carbons (Fsp3) is 0.263. The van der Waals surface area contributed by atoms with Crippen molar-refractivity contribution in [2.75, 3.05) is 25.2 Å². The molecule has 0 amide bonds. The number of hydrogen-bond acceptors (Lipinski definition) is 4. The average Bonchev–Trinajstić information content (AvgIpc) is 2.76. The Hall–Kier alpha value is -2.16. The molecule has 1 unspecified atom stereocenters. The first-order valence-electron chi connectivity index (χ1n) is 7.87. The van der Waals surface area contributed by atoms with Crippen molar-refractivity contribution in [2.24, 2.45) is 4.99 Å². The van der Waals surface area contributed by atoms with Gasteiger partial charge in [-0.1, -0.05) is 54.2 Å². The standard InChI is InChI=1S/C19H20N4S.ClH/c1-23(19(24-2)21-13-20)12-18-16-9-5-3-7-14(16)11-15-8-4-6-10-17(15)22-18;/h3-10,18,22H,11-12H2,1-2H3;1H. The molecular weight excluding hydrogens is 352 g/mol. The predicted molar refractivity (Wildman–Crippen MR) is 108 cm³/mol. The summed E-state index contributed by atoms with van der Waals surface area (Å²) in [5.74, 6) is 0. The first-order valence-corrected chi connectivity index (χ1v) is 9.09. The molecule has 0 radical (unpaired) electrons. The number of anilines is 1. The second kappa shape index (κ2) is 8.80. The van der Waals surface area contributed by atoms with Gasteiger partial charge < -0.3 is 10.2 Å². The van der Waals surface area contributed by atoms with Crippen LogP contribution in [0.1, 0.15) is 22.7 Å². The monoisotopic (exact) mass is 372 g/mol. The zero-order valence-electron chi connectivity index (χ0n) is 14.3. The van der Waals surface area contributed by atoms with Gasteiger partial charge in [-0.2, -0.15) is 5.26 Å². The van der Waals surface area contributed by atoms with Gasteiger partial charge in [0.05, 0.1) is 6.04 Å². The molecule has 2 aromatic rings. The van der Waals surface area contributed by atoms with Gasteiger partial charge in [-0.3, -0.25) is 0 Å². The number of nitrogens with zero attached hydrogens (tertiary/aromatic N) is 3. The Balaban J connectivity index is 0.00000225. The van der Waals surface area contributed by atoms with Crippen LogP contribution in [0.15, 0.2) is 53.5 Å². The summed E-state index contributed by atoms with van der Waals surface area (Å²) in [5.41, 5.74) is 5.13. The lowest BCUT2D eigenvalue weighted by molar-refractivity contribution is 0.478. The molecule has 0 saturated carbocycles. The summed E-state index contributed by atoms with van der Waals surface area (Å²) in [7, 11) is 1.98. The van der Waals surface area contributed by atoms with E-state index in [0.29, 0.717) is 0 Å². The van der Waals surface area contributed by atoms with Gasteiger partial charge in [0.2, 0.25) is 6.19 Å². The lowest BCUT2D eigenvalue weighted by Crippen LogP contribution is -2.32. The smallest absolute Gasteiger partial charge is 0.208 e. The molecule has 0 spiro atoms. The van der Waals surface area contributed by atoms with Crippen LogP contribution >= 0.6 is 24.2 Å². The minimum Gasteiger partial charge on any atom is -0.376 e. The largest absolute Gasteiger partial charge is 0.376 e. The number of nitriles is 1. The Morgan fingerprint density at radius 3 is 2.64 bits per heavy atom. The fourth-order valence-electron chi connectivity index (χ4n) is 3.15. The summed E-state index contributed by atoms with van der Waals surface area (Å²) in [6.45, 7) is 0.743. The van der Waals surface area contributed by atoms with Crippen molar-refractivity contribution in [2.45, 2.75) is 12.5 Å². The van der Waals surface area contributed by atoms with Gasteiger partial charge >= 0.3 is 0 Å². The highest BCUT2D eigenvalue weighted by molar-refractivity contribution is 8.13. The third-order valence-corrected chi connectivity index (χ3v) is 5.04. The van der Waals surface area contributed by atoms with E-state index in [4.69, 9.17) is 5.26 Å².